The number of likely N-dealkylation sites (tertiary alicyclic amines) is 1. The van der Waals surface area contributed by atoms with Crippen LogP contribution in [0.25, 0.3) is 6.08 Å². The molecule has 0 aromatic heterocycles. The zero-order valence-corrected chi connectivity index (χ0v) is 25.5. The molecule has 0 bridgehead atoms. The Morgan fingerprint density at radius 3 is 2.21 bits per heavy atom. The molecule has 2 saturated heterocycles. The lowest BCUT2D eigenvalue weighted by atomic mass is 9.90. The van der Waals surface area contributed by atoms with Gasteiger partial charge in [0.1, 0.15) is 0 Å². The summed E-state index contributed by atoms with van der Waals surface area (Å²) in [6, 6.07) is 28.9. The van der Waals surface area contributed by atoms with E-state index in [9.17, 15) is 9.59 Å². The molecule has 2 fully saturated rings. The maximum atomic E-state index is 14.1. The second kappa shape index (κ2) is 15.6. The van der Waals surface area contributed by atoms with Gasteiger partial charge in [-0.25, -0.2) is 0 Å². The molecular formula is C37H46N4O2. The van der Waals surface area contributed by atoms with Gasteiger partial charge in [-0.3, -0.25) is 9.59 Å². The number of nitrogens with zero attached hydrogens (tertiary/aromatic N) is 2. The van der Waals surface area contributed by atoms with E-state index in [-0.39, 0.29) is 29.8 Å². The van der Waals surface area contributed by atoms with E-state index in [0.717, 1.165) is 38.0 Å². The van der Waals surface area contributed by atoms with Gasteiger partial charge >= 0.3 is 0 Å². The van der Waals surface area contributed by atoms with E-state index in [4.69, 9.17) is 0 Å². The van der Waals surface area contributed by atoms with Crippen molar-refractivity contribution in [2.24, 2.45) is 0 Å². The molecule has 2 aliphatic rings. The molecule has 2 amide bonds. The second-order valence-corrected chi connectivity index (χ2v) is 12.0. The average Bonchev–Trinajstić information content (AvgIpc) is 3.20. The van der Waals surface area contributed by atoms with Crippen LogP contribution in [0.1, 0.15) is 60.3 Å². The summed E-state index contributed by atoms with van der Waals surface area (Å²) >= 11 is 0. The summed E-state index contributed by atoms with van der Waals surface area (Å²) in [6.07, 6.45) is 8.76. The van der Waals surface area contributed by atoms with Gasteiger partial charge in [0.25, 0.3) is 0 Å². The van der Waals surface area contributed by atoms with Gasteiger partial charge in [-0.1, -0.05) is 96.9 Å². The molecule has 43 heavy (non-hydrogen) atoms. The maximum Gasteiger partial charge on any atom is 0.244 e. The molecule has 0 radical (unpaired) electrons. The van der Waals surface area contributed by atoms with Crippen LogP contribution in [0.3, 0.4) is 0 Å². The molecular weight excluding hydrogens is 532 g/mol. The van der Waals surface area contributed by atoms with Crippen LogP contribution in [0.5, 0.6) is 0 Å². The standard InChI is InChI=1S/C37H46N4O2/c1-29-15-17-30(18-16-29)19-20-36(42)38-27-33-21-26-41(37(43)35(39-33)22-25-40-23-9-4-10-24-40)28-34(31-11-5-2-6-12-31)32-13-7-3-8-14-32/h2-3,5-8,11-20,33-35,39H,4,9-10,21-28H2,1H3,(H,38,42)/b20-19+. The fourth-order valence-electron chi connectivity index (χ4n) is 6.25. The molecule has 2 aliphatic heterocycles. The number of aryl methyl sites for hydroxylation is 1. The summed E-state index contributed by atoms with van der Waals surface area (Å²) in [5, 5.41) is 6.75. The number of piperidine rings is 1. The van der Waals surface area contributed by atoms with E-state index >= 15 is 0 Å². The van der Waals surface area contributed by atoms with Crippen molar-refractivity contribution in [2.75, 3.05) is 39.3 Å². The summed E-state index contributed by atoms with van der Waals surface area (Å²) < 4.78 is 0. The van der Waals surface area contributed by atoms with Crippen molar-refractivity contribution in [3.8, 4) is 0 Å². The fraction of sp³-hybridized carbons (Fsp3) is 0.405. The predicted molar refractivity (Wildman–Crippen MR) is 175 cm³/mol. The number of nitrogens with one attached hydrogen (secondary N) is 2. The van der Waals surface area contributed by atoms with Crippen molar-refractivity contribution < 1.29 is 9.59 Å². The summed E-state index contributed by atoms with van der Waals surface area (Å²) in [7, 11) is 0. The minimum absolute atomic E-state index is 0.0175. The van der Waals surface area contributed by atoms with Crippen LogP contribution in [0.2, 0.25) is 0 Å². The highest BCUT2D eigenvalue weighted by atomic mass is 16.2. The third-order valence-corrected chi connectivity index (χ3v) is 8.81. The van der Waals surface area contributed by atoms with Gasteiger partial charge < -0.3 is 20.4 Å². The zero-order valence-electron chi connectivity index (χ0n) is 25.5. The third-order valence-electron chi connectivity index (χ3n) is 8.81. The number of hydrogen-bond acceptors (Lipinski definition) is 4. The molecule has 2 atom stereocenters. The van der Waals surface area contributed by atoms with Crippen molar-refractivity contribution in [1.29, 1.82) is 0 Å². The van der Waals surface area contributed by atoms with Crippen LogP contribution in [-0.2, 0) is 9.59 Å². The Balaban J connectivity index is 1.28. The van der Waals surface area contributed by atoms with Gasteiger partial charge in [0.2, 0.25) is 11.8 Å². The SMILES string of the molecule is Cc1ccc(/C=C/C(=O)NCC2CCN(CC(c3ccccc3)c3ccccc3)C(=O)C(CCN3CCCCC3)N2)cc1. The smallest absolute Gasteiger partial charge is 0.244 e. The predicted octanol–water partition coefficient (Wildman–Crippen LogP) is 5.39. The number of benzene rings is 3. The van der Waals surface area contributed by atoms with Gasteiger partial charge in [-0.05, 0) is 68.5 Å². The van der Waals surface area contributed by atoms with Gasteiger partial charge in [0, 0.05) is 44.2 Å². The molecule has 3 aromatic carbocycles. The Morgan fingerprint density at radius 1 is 0.907 bits per heavy atom. The first-order valence-electron chi connectivity index (χ1n) is 15.9. The molecule has 3 aromatic rings. The minimum Gasteiger partial charge on any atom is -0.351 e. The van der Waals surface area contributed by atoms with Crippen LogP contribution in [0, 0.1) is 6.92 Å². The Bertz CT molecular complexity index is 1280. The molecule has 2 unspecified atom stereocenters. The van der Waals surface area contributed by atoms with E-state index in [1.807, 2.05) is 42.5 Å². The van der Waals surface area contributed by atoms with E-state index in [2.05, 4.69) is 75.9 Å². The van der Waals surface area contributed by atoms with Gasteiger partial charge in [0.15, 0.2) is 0 Å². The third kappa shape index (κ3) is 9.12. The number of hydrogen-bond donors (Lipinski definition) is 2. The zero-order chi connectivity index (χ0) is 29.9. The highest BCUT2D eigenvalue weighted by Gasteiger charge is 2.33. The molecule has 0 spiro atoms. The Labute approximate surface area is 257 Å². The van der Waals surface area contributed by atoms with Crippen molar-refractivity contribution in [1.82, 2.24) is 20.4 Å². The first kappa shape index (κ1) is 30.7. The van der Waals surface area contributed by atoms with Crippen molar-refractivity contribution in [2.45, 2.75) is 57.0 Å². The number of rotatable bonds is 11. The lowest BCUT2D eigenvalue weighted by Gasteiger charge is -2.31. The molecule has 6 heteroatoms. The number of carbonyl (C=O) groups is 2. The average molecular weight is 579 g/mol. The van der Waals surface area contributed by atoms with Crippen LogP contribution < -0.4 is 10.6 Å². The van der Waals surface area contributed by atoms with E-state index in [0.29, 0.717) is 19.6 Å². The van der Waals surface area contributed by atoms with Crippen molar-refractivity contribution in [3.63, 3.8) is 0 Å². The van der Waals surface area contributed by atoms with E-state index in [1.165, 1.54) is 36.0 Å². The largest absolute Gasteiger partial charge is 0.351 e. The first-order valence-corrected chi connectivity index (χ1v) is 15.9. The lowest BCUT2D eigenvalue weighted by molar-refractivity contribution is -0.133. The minimum atomic E-state index is -0.276. The molecule has 0 saturated carbocycles. The molecule has 6 nitrogen and oxygen atoms in total. The maximum absolute atomic E-state index is 14.1. The van der Waals surface area contributed by atoms with E-state index in [1.54, 1.807) is 6.08 Å². The van der Waals surface area contributed by atoms with E-state index < -0.39 is 0 Å². The van der Waals surface area contributed by atoms with Crippen molar-refractivity contribution in [3.05, 3.63) is 113 Å². The van der Waals surface area contributed by atoms with Gasteiger partial charge in [-0.2, -0.15) is 0 Å². The summed E-state index contributed by atoms with van der Waals surface area (Å²) in [5.41, 5.74) is 4.62. The molecule has 2 heterocycles. The monoisotopic (exact) mass is 578 g/mol. The van der Waals surface area contributed by atoms with Crippen LogP contribution in [0.15, 0.2) is 91.0 Å². The Morgan fingerprint density at radius 2 is 1.56 bits per heavy atom. The molecule has 2 N–H and O–H groups in total. The van der Waals surface area contributed by atoms with Crippen LogP contribution in [-0.4, -0.2) is 73.0 Å². The molecule has 226 valence electrons. The number of amides is 2. The van der Waals surface area contributed by atoms with Crippen LogP contribution in [0.4, 0.5) is 0 Å². The topological polar surface area (TPSA) is 64.7 Å². The second-order valence-electron chi connectivity index (χ2n) is 12.0. The van der Waals surface area contributed by atoms with Gasteiger partial charge in [0.05, 0.1) is 6.04 Å². The number of carbonyl (C=O) groups excluding carboxylic acids is 2. The van der Waals surface area contributed by atoms with Crippen molar-refractivity contribution >= 4 is 17.9 Å². The van der Waals surface area contributed by atoms with Crippen LogP contribution >= 0.6 is 0 Å². The fourth-order valence-corrected chi connectivity index (χ4v) is 6.25. The highest BCUT2D eigenvalue weighted by Crippen LogP contribution is 2.27. The summed E-state index contributed by atoms with van der Waals surface area (Å²) in [6.45, 7) is 6.96. The Hall–Kier alpha value is -3.74. The molecule has 5 rings (SSSR count). The first-order chi connectivity index (χ1) is 21.0. The normalized spacial score (nSPS) is 20.0. The lowest BCUT2D eigenvalue weighted by Crippen LogP contribution is -2.50. The van der Waals surface area contributed by atoms with Gasteiger partial charge in [-0.15, -0.1) is 0 Å². The Kier molecular flexibility index (Phi) is 11.2. The summed E-state index contributed by atoms with van der Waals surface area (Å²) in [5.74, 6) is 0.145. The summed E-state index contributed by atoms with van der Waals surface area (Å²) in [4.78, 5) is 31.4. The quantitative estimate of drug-likeness (QED) is 0.300. The highest BCUT2D eigenvalue weighted by molar-refractivity contribution is 5.91. The molecule has 0 aliphatic carbocycles.